The third-order valence-electron chi connectivity index (χ3n) is 5.07. The van der Waals surface area contributed by atoms with Gasteiger partial charge in [-0.15, -0.1) is 5.10 Å². The number of halogens is 1. The summed E-state index contributed by atoms with van der Waals surface area (Å²) in [6, 6.07) is 6.32. The molecule has 4 rings (SSSR count). The van der Waals surface area contributed by atoms with Gasteiger partial charge in [0.25, 0.3) is 0 Å². The monoisotopic (exact) mass is 359 g/mol. The van der Waals surface area contributed by atoms with Crippen molar-refractivity contribution >= 4 is 5.91 Å². The minimum Gasteiger partial charge on any atom is -0.370 e. The van der Waals surface area contributed by atoms with Crippen molar-refractivity contribution in [1.29, 1.82) is 0 Å². The molecule has 1 fully saturated rings. The number of likely N-dealkylation sites (tertiary alicyclic amines) is 1. The summed E-state index contributed by atoms with van der Waals surface area (Å²) < 4.78 is 20.8. The van der Waals surface area contributed by atoms with Gasteiger partial charge in [-0.2, -0.15) is 0 Å². The number of aromatic nitrogens is 3. The van der Waals surface area contributed by atoms with Gasteiger partial charge in [-0.1, -0.05) is 17.3 Å². The van der Waals surface area contributed by atoms with E-state index in [0.29, 0.717) is 26.1 Å². The summed E-state index contributed by atoms with van der Waals surface area (Å²) in [5, 5.41) is 11.1. The molecule has 0 bridgehead atoms. The number of rotatable bonds is 5. The van der Waals surface area contributed by atoms with Crippen LogP contribution < -0.4 is 5.32 Å². The zero-order valence-electron chi connectivity index (χ0n) is 14.5. The van der Waals surface area contributed by atoms with Gasteiger partial charge >= 0.3 is 0 Å². The van der Waals surface area contributed by atoms with Crippen LogP contribution in [0, 0.1) is 5.82 Å². The molecule has 2 aliphatic heterocycles. The van der Waals surface area contributed by atoms with Gasteiger partial charge < -0.3 is 15.0 Å². The number of nitrogens with one attached hydrogen (secondary N) is 1. The van der Waals surface area contributed by atoms with Gasteiger partial charge in [0.2, 0.25) is 5.91 Å². The Labute approximate surface area is 151 Å². The standard InChI is InChI=1S/C18H22FN5O2/c19-14-3-1-13(2-4-14)9-20-18(25)6-8-23-7-5-17-16(11-23)24-15(12-26-17)10-21-22-24/h1-4,10,16-17H,5-9,11-12H2,(H,20,25)/t16-,17+/m0/s1. The Hall–Kier alpha value is -2.32. The Kier molecular flexibility index (Phi) is 4.94. The van der Waals surface area contributed by atoms with Gasteiger partial charge in [0.05, 0.1) is 30.6 Å². The lowest BCUT2D eigenvalue weighted by atomic mass is 10.0. The molecule has 2 aliphatic rings. The molecule has 26 heavy (non-hydrogen) atoms. The van der Waals surface area contributed by atoms with E-state index >= 15 is 0 Å². The number of carbonyl (C=O) groups is 1. The van der Waals surface area contributed by atoms with Crippen molar-refractivity contribution in [2.45, 2.75) is 38.1 Å². The van der Waals surface area contributed by atoms with Crippen molar-refractivity contribution in [1.82, 2.24) is 25.2 Å². The minimum absolute atomic E-state index is 0.00205. The normalized spacial score (nSPS) is 22.5. The molecule has 138 valence electrons. The molecule has 1 aromatic carbocycles. The third kappa shape index (κ3) is 3.76. The Bertz CT molecular complexity index is 763. The molecule has 0 radical (unpaired) electrons. The first kappa shape index (κ1) is 17.1. The fourth-order valence-electron chi connectivity index (χ4n) is 3.60. The van der Waals surface area contributed by atoms with E-state index in [9.17, 15) is 9.18 Å². The van der Waals surface area contributed by atoms with Gasteiger partial charge in [-0.25, -0.2) is 9.07 Å². The zero-order chi connectivity index (χ0) is 17.9. The minimum atomic E-state index is -0.272. The number of benzene rings is 1. The number of hydrogen-bond acceptors (Lipinski definition) is 5. The van der Waals surface area contributed by atoms with E-state index in [1.165, 1.54) is 12.1 Å². The average molecular weight is 359 g/mol. The zero-order valence-corrected chi connectivity index (χ0v) is 14.5. The molecular weight excluding hydrogens is 337 g/mol. The van der Waals surface area contributed by atoms with Gasteiger partial charge in [-0.05, 0) is 24.1 Å². The van der Waals surface area contributed by atoms with Crippen LogP contribution in [0.15, 0.2) is 30.5 Å². The van der Waals surface area contributed by atoms with Crippen molar-refractivity contribution in [3.8, 4) is 0 Å². The highest BCUT2D eigenvalue weighted by atomic mass is 19.1. The molecule has 1 aromatic heterocycles. The van der Waals surface area contributed by atoms with Gasteiger partial charge in [0.1, 0.15) is 5.82 Å². The van der Waals surface area contributed by atoms with Crippen LogP contribution >= 0.6 is 0 Å². The molecule has 1 amide bonds. The Morgan fingerprint density at radius 1 is 1.35 bits per heavy atom. The molecule has 3 heterocycles. The second kappa shape index (κ2) is 7.51. The van der Waals surface area contributed by atoms with E-state index in [-0.39, 0.29) is 23.9 Å². The molecule has 0 saturated carbocycles. The molecule has 1 N–H and O–H groups in total. The van der Waals surface area contributed by atoms with Crippen LogP contribution in [0.5, 0.6) is 0 Å². The lowest BCUT2D eigenvalue weighted by Crippen LogP contribution is -2.48. The van der Waals surface area contributed by atoms with Crippen molar-refractivity contribution in [2.24, 2.45) is 0 Å². The van der Waals surface area contributed by atoms with Gasteiger partial charge in [0.15, 0.2) is 0 Å². The molecule has 7 nitrogen and oxygen atoms in total. The van der Waals surface area contributed by atoms with Crippen LogP contribution in [0.3, 0.4) is 0 Å². The van der Waals surface area contributed by atoms with Gasteiger partial charge in [-0.3, -0.25) is 4.79 Å². The van der Waals surface area contributed by atoms with E-state index in [4.69, 9.17) is 4.74 Å². The summed E-state index contributed by atoms with van der Waals surface area (Å²) in [7, 11) is 0. The maximum Gasteiger partial charge on any atom is 0.221 e. The number of carbonyl (C=O) groups excluding carboxylic acids is 1. The Morgan fingerprint density at radius 2 is 2.19 bits per heavy atom. The number of amides is 1. The highest BCUT2D eigenvalue weighted by Crippen LogP contribution is 2.29. The van der Waals surface area contributed by atoms with Crippen molar-refractivity contribution in [3.63, 3.8) is 0 Å². The summed E-state index contributed by atoms with van der Waals surface area (Å²) in [6.07, 6.45) is 3.29. The highest BCUT2D eigenvalue weighted by molar-refractivity contribution is 5.76. The first-order valence-corrected chi connectivity index (χ1v) is 8.93. The summed E-state index contributed by atoms with van der Waals surface area (Å²) >= 11 is 0. The maximum atomic E-state index is 12.9. The predicted octanol–water partition coefficient (Wildman–Crippen LogP) is 1.27. The third-order valence-corrected chi connectivity index (χ3v) is 5.07. The Morgan fingerprint density at radius 3 is 3.04 bits per heavy atom. The van der Waals surface area contributed by atoms with E-state index < -0.39 is 0 Å². The number of ether oxygens (including phenoxy) is 1. The van der Waals surface area contributed by atoms with E-state index in [1.807, 2.05) is 4.68 Å². The Balaban J connectivity index is 1.25. The molecule has 0 aliphatic carbocycles. The molecule has 0 unspecified atom stereocenters. The molecule has 1 saturated heterocycles. The quantitative estimate of drug-likeness (QED) is 0.870. The number of nitrogens with zero attached hydrogens (tertiary/aromatic N) is 4. The number of hydrogen-bond donors (Lipinski definition) is 1. The molecule has 8 heteroatoms. The number of fused-ring (bicyclic) bond motifs is 3. The second-order valence-corrected chi connectivity index (χ2v) is 6.83. The van der Waals surface area contributed by atoms with E-state index in [0.717, 1.165) is 30.8 Å². The van der Waals surface area contributed by atoms with Crippen LogP contribution in [-0.2, 0) is 22.7 Å². The van der Waals surface area contributed by atoms with Crippen LogP contribution in [-0.4, -0.2) is 51.5 Å². The second-order valence-electron chi connectivity index (χ2n) is 6.83. The average Bonchev–Trinajstić information content (AvgIpc) is 3.15. The van der Waals surface area contributed by atoms with Crippen molar-refractivity contribution in [3.05, 3.63) is 47.5 Å². The fourth-order valence-corrected chi connectivity index (χ4v) is 3.60. The van der Waals surface area contributed by atoms with E-state index in [2.05, 4.69) is 20.5 Å². The predicted molar refractivity (Wildman–Crippen MR) is 91.6 cm³/mol. The first-order valence-electron chi connectivity index (χ1n) is 8.93. The smallest absolute Gasteiger partial charge is 0.221 e. The van der Waals surface area contributed by atoms with Crippen LogP contribution in [0.1, 0.15) is 30.1 Å². The summed E-state index contributed by atoms with van der Waals surface area (Å²) in [5.74, 6) is -0.275. The van der Waals surface area contributed by atoms with Crippen molar-refractivity contribution in [2.75, 3.05) is 19.6 Å². The molecule has 2 atom stereocenters. The fraction of sp³-hybridized carbons (Fsp3) is 0.500. The lowest BCUT2D eigenvalue weighted by molar-refractivity contribution is -0.122. The highest BCUT2D eigenvalue weighted by Gasteiger charge is 2.36. The van der Waals surface area contributed by atoms with Crippen LogP contribution in [0.25, 0.3) is 0 Å². The van der Waals surface area contributed by atoms with Crippen LogP contribution in [0.2, 0.25) is 0 Å². The number of piperidine rings is 1. The topological polar surface area (TPSA) is 72.3 Å². The molecular formula is C18H22FN5O2. The van der Waals surface area contributed by atoms with Crippen LogP contribution in [0.4, 0.5) is 4.39 Å². The SMILES string of the molecule is O=C(CCN1CC[C@H]2OCc3cnnn3[C@H]2C1)NCc1ccc(F)cc1. The summed E-state index contributed by atoms with van der Waals surface area (Å²) in [6.45, 7) is 3.41. The first-order chi connectivity index (χ1) is 12.7. The van der Waals surface area contributed by atoms with Gasteiger partial charge in [0, 0.05) is 32.6 Å². The largest absolute Gasteiger partial charge is 0.370 e. The maximum absolute atomic E-state index is 12.9. The van der Waals surface area contributed by atoms with E-state index in [1.54, 1.807) is 18.3 Å². The lowest BCUT2D eigenvalue weighted by Gasteiger charge is -2.40. The molecule has 0 spiro atoms. The molecule has 2 aromatic rings. The summed E-state index contributed by atoms with van der Waals surface area (Å²) in [4.78, 5) is 14.4. The van der Waals surface area contributed by atoms with Crippen molar-refractivity contribution < 1.29 is 13.9 Å². The summed E-state index contributed by atoms with van der Waals surface area (Å²) in [5.41, 5.74) is 1.89.